The van der Waals surface area contributed by atoms with E-state index >= 15 is 0 Å². The van der Waals surface area contributed by atoms with E-state index in [9.17, 15) is 5.11 Å². The Hall–Kier alpha value is -1.73. The second-order valence-electron chi connectivity index (χ2n) is 3.95. The summed E-state index contributed by atoms with van der Waals surface area (Å²) in [5.41, 5.74) is 2.99. The highest BCUT2D eigenvalue weighted by Crippen LogP contribution is 2.21. The highest BCUT2D eigenvalue weighted by molar-refractivity contribution is 6.30. The SMILES string of the molecule is Cc1ccc(O)c(C=Cc2ccc(Cl)cc2)c1. The summed E-state index contributed by atoms with van der Waals surface area (Å²) in [4.78, 5) is 0. The molecule has 0 aliphatic heterocycles. The van der Waals surface area contributed by atoms with Gasteiger partial charge in [-0.25, -0.2) is 0 Å². The van der Waals surface area contributed by atoms with Crippen LogP contribution in [0.3, 0.4) is 0 Å². The van der Waals surface area contributed by atoms with E-state index in [2.05, 4.69) is 0 Å². The van der Waals surface area contributed by atoms with Crippen molar-refractivity contribution >= 4 is 23.8 Å². The van der Waals surface area contributed by atoms with Crippen molar-refractivity contribution < 1.29 is 5.11 Å². The summed E-state index contributed by atoms with van der Waals surface area (Å²) >= 11 is 5.81. The fourth-order valence-electron chi connectivity index (χ4n) is 1.57. The van der Waals surface area contributed by atoms with Crippen LogP contribution in [-0.4, -0.2) is 5.11 Å². The summed E-state index contributed by atoms with van der Waals surface area (Å²) in [5.74, 6) is 0.292. The summed E-state index contributed by atoms with van der Waals surface area (Å²) < 4.78 is 0. The summed E-state index contributed by atoms with van der Waals surface area (Å²) in [6.07, 6.45) is 3.84. The molecular formula is C15H13ClO. The van der Waals surface area contributed by atoms with Crippen molar-refractivity contribution in [3.05, 3.63) is 64.2 Å². The third-order valence-corrected chi connectivity index (χ3v) is 2.76. The van der Waals surface area contributed by atoms with Crippen molar-refractivity contribution in [3.8, 4) is 5.75 Å². The zero-order chi connectivity index (χ0) is 12.3. The second kappa shape index (κ2) is 5.07. The van der Waals surface area contributed by atoms with Crippen LogP contribution in [0.1, 0.15) is 16.7 Å². The summed E-state index contributed by atoms with van der Waals surface area (Å²) in [6, 6.07) is 13.1. The van der Waals surface area contributed by atoms with Crippen LogP contribution in [0.2, 0.25) is 5.02 Å². The number of halogens is 1. The molecule has 86 valence electrons. The Balaban J connectivity index is 2.25. The van der Waals surface area contributed by atoms with E-state index in [-0.39, 0.29) is 0 Å². The Kier molecular flexibility index (Phi) is 3.50. The Morgan fingerprint density at radius 3 is 2.41 bits per heavy atom. The van der Waals surface area contributed by atoms with E-state index in [0.29, 0.717) is 5.75 Å². The average Bonchev–Trinajstić information content (AvgIpc) is 2.32. The van der Waals surface area contributed by atoms with Crippen LogP contribution < -0.4 is 0 Å². The monoisotopic (exact) mass is 244 g/mol. The van der Waals surface area contributed by atoms with Gasteiger partial charge < -0.3 is 5.11 Å². The molecule has 1 nitrogen and oxygen atoms in total. The van der Waals surface area contributed by atoms with E-state index in [1.54, 1.807) is 6.07 Å². The quantitative estimate of drug-likeness (QED) is 0.770. The first kappa shape index (κ1) is 11.7. The molecule has 0 spiro atoms. The number of phenols is 1. The summed E-state index contributed by atoms with van der Waals surface area (Å²) in [5, 5.41) is 10.4. The minimum atomic E-state index is 0.292. The Morgan fingerprint density at radius 1 is 1.00 bits per heavy atom. The highest BCUT2D eigenvalue weighted by atomic mass is 35.5. The predicted molar refractivity (Wildman–Crippen MR) is 73.2 cm³/mol. The molecule has 0 amide bonds. The Bertz CT molecular complexity index is 541. The van der Waals surface area contributed by atoms with Crippen molar-refractivity contribution in [2.24, 2.45) is 0 Å². The molecule has 0 aliphatic carbocycles. The van der Waals surface area contributed by atoms with E-state index in [4.69, 9.17) is 11.6 Å². The van der Waals surface area contributed by atoms with Gasteiger partial charge in [0.2, 0.25) is 0 Å². The van der Waals surface area contributed by atoms with Crippen LogP contribution in [0.15, 0.2) is 42.5 Å². The average molecular weight is 245 g/mol. The molecule has 0 unspecified atom stereocenters. The van der Waals surface area contributed by atoms with Crippen molar-refractivity contribution in [2.45, 2.75) is 6.92 Å². The van der Waals surface area contributed by atoms with Crippen molar-refractivity contribution in [3.63, 3.8) is 0 Å². The van der Waals surface area contributed by atoms with Crippen LogP contribution >= 0.6 is 11.6 Å². The lowest BCUT2D eigenvalue weighted by Gasteiger charge is -2.00. The van der Waals surface area contributed by atoms with Gasteiger partial charge in [-0.15, -0.1) is 0 Å². The maximum atomic E-state index is 9.68. The minimum Gasteiger partial charge on any atom is -0.507 e. The lowest BCUT2D eigenvalue weighted by Crippen LogP contribution is -1.78. The molecule has 17 heavy (non-hydrogen) atoms. The molecule has 0 saturated heterocycles. The van der Waals surface area contributed by atoms with Gasteiger partial charge in [-0.3, -0.25) is 0 Å². The number of rotatable bonds is 2. The molecule has 2 aromatic rings. The van der Waals surface area contributed by atoms with Gasteiger partial charge in [-0.05, 0) is 36.8 Å². The maximum absolute atomic E-state index is 9.68. The van der Waals surface area contributed by atoms with Crippen LogP contribution in [0.4, 0.5) is 0 Å². The molecule has 0 radical (unpaired) electrons. The van der Waals surface area contributed by atoms with Gasteiger partial charge in [-0.1, -0.05) is 47.5 Å². The first-order valence-electron chi connectivity index (χ1n) is 5.38. The van der Waals surface area contributed by atoms with Crippen LogP contribution in [0.5, 0.6) is 5.75 Å². The van der Waals surface area contributed by atoms with Crippen LogP contribution in [0, 0.1) is 6.92 Å². The van der Waals surface area contributed by atoms with Gasteiger partial charge >= 0.3 is 0 Å². The highest BCUT2D eigenvalue weighted by Gasteiger charge is 1.96. The smallest absolute Gasteiger partial charge is 0.122 e. The zero-order valence-corrected chi connectivity index (χ0v) is 10.3. The largest absolute Gasteiger partial charge is 0.507 e. The lowest BCUT2D eigenvalue weighted by molar-refractivity contribution is 0.474. The molecule has 0 aromatic heterocycles. The molecule has 2 rings (SSSR count). The van der Waals surface area contributed by atoms with Crippen molar-refractivity contribution in [2.75, 3.05) is 0 Å². The first-order chi connectivity index (χ1) is 8.15. The number of hydrogen-bond donors (Lipinski definition) is 1. The molecule has 0 saturated carbocycles. The Morgan fingerprint density at radius 2 is 1.71 bits per heavy atom. The minimum absolute atomic E-state index is 0.292. The van der Waals surface area contributed by atoms with Crippen molar-refractivity contribution in [1.29, 1.82) is 0 Å². The number of aromatic hydroxyl groups is 1. The molecule has 0 bridgehead atoms. The molecular weight excluding hydrogens is 232 g/mol. The van der Waals surface area contributed by atoms with Crippen LogP contribution in [0.25, 0.3) is 12.2 Å². The molecule has 0 heterocycles. The van der Waals surface area contributed by atoms with Gasteiger partial charge in [0.15, 0.2) is 0 Å². The van der Waals surface area contributed by atoms with Gasteiger partial charge in [-0.2, -0.15) is 0 Å². The van der Waals surface area contributed by atoms with Gasteiger partial charge in [0.25, 0.3) is 0 Å². The number of aryl methyl sites for hydroxylation is 1. The summed E-state index contributed by atoms with van der Waals surface area (Å²) in [6.45, 7) is 2.00. The topological polar surface area (TPSA) is 20.2 Å². The fourth-order valence-corrected chi connectivity index (χ4v) is 1.69. The Labute approximate surface area is 106 Å². The second-order valence-corrected chi connectivity index (χ2v) is 4.38. The van der Waals surface area contributed by atoms with Gasteiger partial charge in [0.1, 0.15) is 5.75 Å². The standard InChI is InChI=1S/C15H13ClO/c1-11-2-9-15(17)13(10-11)6-3-12-4-7-14(16)8-5-12/h2-10,17H,1H3. The van der Waals surface area contributed by atoms with Crippen molar-refractivity contribution in [1.82, 2.24) is 0 Å². The third kappa shape index (κ3) is 3.11. The third-order valence-electron chi connectivity index (χ3n) is 2.51. The predicted octanol–water partition coefficient (Wildman–Crippen LogP) is 4.52. The molecule has 2 aromatic carbocycles. The normalized spacial score (nSPS) is 10.9. The van der Waals surface area contributed by atoms with E-state index < -0.39 is 0 Å². The van der Waals surface area contributed by atoms with E-state index in [1.807, 2.05) is 55.5 Å². The van der Waals surface area contributed by atoms with E-state index in [0.717, 1.165) is 21.7 Å². The van der Waals surface area contributed by atoms with Gasteiger partial charge in [0, 0.05) is 10.6 Å². The van der Waals surface area contributed by atoms with Crippen LogP contribution in [-0.2, 0) is 0 Å². The number of hydrogen-bond acceptors (Lipinski definition) is 1. The number of benzene rings is 2. The first-order valence-corrected chi connectivity index (χ1v) is 5.76. The lowest BCUT2D eigenvalue weighted by atomic mass is 10.1. The molecule has 0 aliphatic rings. The number of phenolic OH excluding ortho intramolecular Hbond substituents is 1. The molecule has 0 fully saturated rings. The van der Waals surface area contributed by atoms with E-state index in [1.165, 1.54) is 0 Å². The summed E-state index contributed by atoms with van der Waals surface area (Å²) in [7, 11) is 0. The maximum Gasteiger partial charge on any atom is 0.122 e. The molecule has 1 N–H and O–H groups in total. The zero-order valence-electron chi connectivity index (χ0n) is 9.52. The molecule has 0 atom stereocenters. The fraction of sp³-hybridized carbons (Fsp3) is 0.0667. The van der Waals surface area contributed by atoms with Gasteiger partial charge in [0.05, 0.1) is 0 Å². The molecule has 2 heteroatoms.